The van der Waals surface area contributed by atoms with Crippen molar-refractivity contribution in [2.45, 2.75) is 181 Å². The van der Waals surface area contributed by atoms with Gasteiger partial charge in [-0.15, -0.1) is 0 Å². The quantitative estimate of drug-likeness (QED) is 0.0195. The Hall–Kier alpha value is -1.77. The number of carbonyl (C=O) groups is 2. The van der Waals surface area contributed by atoms with Gasteiger partial charge in [-0.25, -0.2) is 4.57 Å². The molecule has 0 spiro atoms. The van der Waals surface area contributed by atoms with Crippen molar-refractivity contribution in [1.29, 1.82) is 0 Å². The smallest absolute Gasteiger partial charge is 0.462 e. The number of unbranched alkanes of at least 4 members (excludes halogenated alkanes) is 15. The van der Waals surface area contributed by atoms with Crippen molar-refractivity contribution in [3.05, 3.63) is 36.5 Å². The van der Waals surface area contributed by atoms with Gasteiger partial charge in [-0.2, -0.15) is 0 Å². The second kappa shape index (κ2) is 33.4. The zero-order valence-corrected chi connectivity index (χ0v) is 32.0. The summed E-state index contributed by atoms with van der Waals surface area (Å²) in [6, 6.07) is 0. The molecule has 0 aliphatic heterocycles. The molecule has 3 N–H and O–H groups in total. The highest BCUT2D eigenvalue weighted by atomic mass is 31.2. The fourth-order valence-corrected chi connectivity index (χ4v) is 5.69. The van der Waals surface area contributed by atoms with Crippen LogP contribution in [0.15, 0.2) is 36.5 Å². The first-order valence-electron chi connectivity index (χ1n) is 19.2. The van der Waals surface area contributed by atoms with Crippen LogP contribution in [0.4, 0.5) is 0 Å². The maximum Gasteiger partial charge on any atom is 0.469 e. The van der Waals surface area contributed by atoms with Crippen LogP contribution in [0.2, 0.25) is 0 Å². The van der Waals surface area contributed by atoms with Crippen LogP contribution in [0.1, 0.15) is 168 Å². The lowest BCUT2D eigenvalue weighted by molar-refractivity contribution is -0.161. The first kappa shape index (κ1) is 47.2. The third kappa shape index (κ3) is 37.3. The van der Waals surface area contributed by atoms with E-state index in [0.29, 0.717) is 19.3 Å². The molecule has 2 atom stereocenters. The van der Waals surface area contributed by atoms with Crippen molar-refractivity contribution in [3.63, 3.8) is 0 Å². The van der Waals surface area contributed by atoms with E-state index in [4.69, 9.17) is 19.3 Å². The molecule has 1 unspecified atom stereocenters. The molecule has 0 saturated carbocycles. The van der Waals surface area contributed by atoms with E-state index in [2.05, 4.69) is 37.4 Å². The fraction of sp³-hybridized carbons (Fsp3) is 0.795. The van der Waals surface area contributed by atoms with E-state index in [0.717, 1.165) is 63.7 Å². The van der Waals surface area contributed by atoms with Crippen molar-refractivity contribution in [2.24, 2.45) is 5.92 Å². The average Bonchev–Trinajstić information content (AvgIpc) is 3.04. The summed E-state index contributed by atoms with van der Waals surface area (Å²) in [4.78, 5) is 42.7. The number of phosphoric acid groups is 1. The summed E-state index contributed by atoms with van der Waals surface area (Å²) in [7, 11) is -4.78. The van der Waals surface area contributed by atoms with Gasteiger partial charge in [0.25, 0.3) is 0 Å². The maximum atomic E-state index is 12.4. The van der Waals surface area contributed by atoms with Crippen LogP contribution < -0.4 is 0 Å². The molecular weight excluding hydrogens is 643 g/mol. The Kier molecular flexibility index (Phi) is 32.2. The van der Waals surface area contributed by atoms with Crippen LogP contribution in [0.3, 0.4) is 0 Å². The van der Waals surface area contributed by atoms with Crippen LogP contribution in [-0.4, -0.2) is 52.3 Å². The third-order valence-electron chi connectivity index (χ3n) is 8.21. The van der Waals surface area contributed by atoms with Crippen molar-refractivity contribution >= 4 is 19.8 Å². The largest absolute Gasteiger partial charge is 0.469 e. The van der Waals surface area contributed by atoms with Crippen LogP contribution >= 0.6 is 7.82 Å². The van der Waals surface area contributed by atoms with E-state index in [1.807, 2.05) is 18.2 Å². The fourth-order valence-electron chi connectivity index (χ4n) is 5.33. The standard InChI is InChI=1S/C39H71O9P/c1-4-5-6-7-14-19-24-29-36(40)30-25-20-17-22-27-32-39(42)48-37(34-47-49(43,44)45)33-46-38(41)31-26-21-16-13-11-9-8-10-12-15-18-23-28-35(2)3/h5-6,14,19,24,29,35-37,40H,4,7-13,15-18,20-23,25-28,30-34H2,1-3H3,(H2,43,44,45)/b6-5+,19-14+,29-24+/t36?,37-/m1/s1. The van der Waals surface area contributed by atoms with Crippen molar-refractivity contribution in [1.82, 2.24) is 0 Å². The van der Waals surface area contributed by atoms with Gasteiger partial charge in [0, 0.05) is 12.8 Å². The monoisotopic (exact) mass is 714 g/mol. The van der Waals surface area contributed by atoms with Crippen molar-refractivity contribution in [2.75, 3.05) is 13.2 Å². The molecule has 0 aliphatic carbocycles. The molecule has 0 saturated heterocycles. The van der Waals surface area contributed by atoms with Gasteiger partial charge in [0.2, 0.25) is 0 Å². The second-order valence-corrected chi connectivity index (χ2v) is 14.8. The molecule has 0 aromatic heterocycles. The number of hydrogen-bond acceptors (Lipinski definition) is 7. The Bertz CT molecular complexity index is 925. The minimum Gasteiger partial charge on any atom is -0.462 e. The van der Waals surface area contributed by atoms with E-state index in [1.165, 1.54) is 57.8 Å². The second-order valence-electron chi connectivity index (χ2n) is 13.6. The summed E-state index contributed by atoms with van der Waals surface area (Å²) < 4.78 is 26.3. The Morgan fingerprint density at radius 2 is 1.16 bits per heavy atom. The van der Waals surface area contributed by atoms with Gasteiger partial charge in [0.1, 0.15) is 6.61 Å². The summed E-state index contributed by atoms with van der Waals surface area (Å²) in [5.74, 6) is -0.148. The molecular formula is C39H71O9P. The molecule has 0 aliphatic rings. The van der Waals surface area contributed by atoms with Gasteiger partial charge >= 0.3 is 19.8 Å². The summed E-state index contributed by atoms with van der Waals surface area (Å²) in [5, 5.41) is 10.1. The van der Waals surface area contributed by atoms with Gasteiger partial charge < -0.3 is 24.4 Å². The molecule has 0 bridgehead atoms. The Morgan fingerprint density at radius 1 is 0.653 bits per heavy atom. The van der Waals surface area contributed by atoms with E-state index in [-0.39, 0.29) is 19.4 Å². The van der Waals surface area contributed by atoms with Gasteiger partial charge in [0.05, 0.1) is 12.7 Å². The number of aliphatic hydroxyl groups is 1. The molecule has 0 heterocycles. The number of hydrogen-bond donors (Lipinski definition) is 3. The molecule has 0 aromatic rings. The number of carbonyl (C=O) groups excluding carboxylic acids is 2. The minimum absolute atomic E-state index is 0.143. The lowest BCUT2D eigenvalue weighted by Gasteiger charge is -2.18. The lowest BCUT2D eigenvalue weighted by Crippen LogP contribution is -2.29. The highest BCUT2D eigenvalue weighted by Gasteiger charge is 2.22. The van der Waals surface area contributed by atoms with Crippen molar-refractivity contribution in [3.8, 4) is 0 Å². The number of rotatable bonds is 34. The lowest BCUT2D eigenvalue weighted by atomic mass is 10.0. The molecule has 49 heavy (non-hydrogen) atoms. The number of phosphoric ester groups is 1. The number of aliphatic hydroxyl groups excluding tert-OH is 1. The Morgan fingerprint density at radius 3 is 1.69 bits per heavy atom. The van der Waals surface area contributed by atoms with Crippen LogP contribution in [0, 0.1) is 5.92 Å². The summed E-state index contributed by atoms with van der Waals surface area (Å²) in [6.07, 6.45) is 33.2. The highest BCUT2D eigenvalue weighted by Crippen LogP contribution is 2.36. The SMILES string of the molecule is CC/C=C/C/C=C/C=C/C(O)CCCCCCCC(=O)O[C@H](COC(=O)CCCCCCCCCCCCCCC(C)C)COP(=O)(O)O. The first-order valence-corrected chi connectivity index (χ1v) is 20.8. The zero-order chi connectivity index (χ0) is 36.4. The first-order chi connectivity index (χ1) is 23.5. The maximum absolute atomic E-state index is 12.4. The van der Waals surface area contributed by atoms with Gasteiger partial charge in [0.15, 0.2) is 6.10 Å². The van der Waals surface area contributed by atoms with Crippen LogP contribution in [0.5, 0.6) is 0 Å². The predicted molar refractivity (Wildman–Crippen MR) is 199 cm³/mol. The molecule has 10 heteroatoms. The van der Waals surface area contributed by atoms with E-state index in [1.54, 1.807) is 6.08 Å². The normalized spacial score (nSPS) is 13.6. The molecule has 286 valence electrons. The molecule has 0 rings (SSSR count). The number of allylic oxidation sites excluding steroid dienone is 5. The molecule has 0 fully saturated rings. The van der Waals surface area contributed by atoms with E-state index >= 15 is 0 Å². The van der Waals surface area contributed by atoms with Gasteiger partial charge in [-0.05, 0) is 38.0 Å². The number of esters is 2. The van der Waals surface area contributed by atoms with E-state index < -0.39 is 38.6 Å². The summed E-state index contributed by atoms with van der Waals surface area (Å²) >= 11 is 0. The van der Waals surface area contributed by atoms with Crippen LogP contribution in [-0.2, 0) is 28.2 Å². The average molecular weight is 715 g/mol. The topological polar surface area (TPSA) is 140 Å². The molecule has 9 nitrogen and oxygen atoms in total. The minimum atomic E-state index is -4.78. The summed E-state index contributed by atoms with van der Waals surface area (Å²) in [5.41, 5.74) is 0. The summed E-state index contributed by atoms with van der Waals surface area (Å²) in [6.45, 7) is 5.79. The Balaban J connectivity index is 4.04. The molecule has 0 aromatic carbocycles. The third-order valence-corrected chi connectivity index (χ3v) is 8.69. The van der Waals surface area contributed by atoms with Gasteiger partial charge in [-0.1, -0.05) is 160 Å². The van der Waals surface area contributed by atoms with Crippen LogP contribution in [0.25, 0.3) is 0 Å². The highest BCUT2D eigenvalue weighted by molar-refractivity contribution is 7.46. The van der Waals surface area contributed by atoms with E-state index in [9.17, 15) is 19.3 Å². The molecule has 0 radical (unpaired) electrons. The van der Waals surface area contributed by atoms with Gasteiger partial charge in [-0.3, -0.25) is 14.1 Å². The Labute approximate surface area is 298 Å². The number of ether oxygens (including phenoxy) is 2. The zero-order valence-electron chi connectivity index (χ0n) is 31.1. The predicted octanol–water partition coefficient (Wildman–Crippen LogP) is 10.2. The molecule has 0 amide bonds. The van der Waals surface area contributed by atoms with Crippen molar-refractivity contribution < 1.29 is 43.0 Å².